The van der Waals surface area contributed by atoms with Crippen LogP contribution in [0.15, 0.2) is 36.5 Å². The van der Waals surface area contributed by atoms with Crippen molar-refractivity contribution in [2.75, 3.05) is 41.0 Å². The average Bonchev–Trinajstić information content (AvgIpc) is 3.17. The van der Waals surface area contributed by atoms with Crippen LogP contribution in [0, 0.1) is 0 Å². The van der Waals surface area contributed by atoms with Crippen molar-refractivity contribution < 1.29 is 38.2 Å². The van der Waals surface area contributed by atoms with E-state index in [2.05, 4.69) is 50.3 Å². The smallest absolute Gasteiger partial charge is 0.362 e. The maximum atomic E-state index is 12.7. The van der Waals surface area contributed by atoms with E-state index in [4.69, 9.17) is 14.2 Å². The predicted molar refractivity (Wildman–Crippen MR) is 238 cm³/mol. The van der Waals surface area contributed by atoms with Crippen molar-refractivity contribution in [3.8, 4) is 0 Å². The van der Waals surface area contributed by atoms with E-state index in [1.807, 2.05) is 21.1 Å². The molecule has 0 aromatic carbocycles. The van der Waals surface area contributed by atoms with Gasteiger partial charge in [-0.3, -0.25) is 9.59 Å². The molecule has 0 fully saturated rings. The summed E-state index contributed by atoms with van der Waals surface area (Å²) in [4.78, 5) is 37.0. The molecule has 57 heavy (non-hydrogen) atoms. The first-order valence-electron chi connectivity index (χ1n) is 23.5. The van der Waals surface area contributed by atoms with E-state index in [-0.39, 0.29) is 36.2 Å². The first-order chi connectivity index (χ1) is 27.6. The molecule has 8 heteroatoms. The van der Waals surface area contributed by atoms with E-state index in [1.165, 1.54) is 116 Å². The number of unbranched alkanes of at least 4 members (excludes halogenated alkanes) is 22. The van der Waals surface area contributed by atoms with Crippen LogP contribution >= 0.6 is 0 Å². The molecular formula is C49H90NO7+. The molecule has 0 rings (SSSR count). The van der Waals surface area contributed by atoms with Crippen molar-refractivity contribution in [2.24, 2.45) is 0 Å². The van der Waals surface area contributed by atoms with Crippen LogP contribution in [0.3, 0.4) is 0 Å². The highest BCUT2D eigenvalue weighted by molar-refractivity contribution is 5.72. The minimum Gasteiger partial charge on any atom is -0.477 e. The highest BCUT2D eigenvalue weighted by Gasteiger charge is 2.31. The molecule has 0 bridgehead atoms. The second kappa shape index (κ2) is 40.3. The molecule has 0 spiro atoms. The number of hydrogen-bond acceptors (Lipinski definition) is 6. The minimum atomic E-state index is -0.874. The summed E-state index contributed by atoms with van der Waals surface area (Å²) < 4.78 is 17.3. The Kier molecular flexibility index (Phi) is 38.6. The maximum absolute atomic E-state index is 12.7. The second-order valence-corrected chi connectivity index (χ2v) is 17.0. The number of carboxylic acid groups (broad SMARTS) is 1. The summed E-state index contributed by atoms with van der Waals surface area (Å²) in [5.74, 6) is -1.46. The van der Waals surface area contributed by atoms with Crippen LogP contribution in [0.5, 0.6) is 0 Å². The lowest BCUT2D eigenvalue weighted by atomic mass is 10.0. The minimum absolute atomic E-state index is 0.0499. The molecular weight excluding hydrogens is 715 g/mol. The van der Waals surface area contributed by atoms with Crippen molar-refractivity contribution in [3.63, 3.8) is 0 Å². The van der Waals surface area contributed by atoms with Gasteiger partial charge >= 0.3 is 17.9 Å². The van der Waals surface area contributed by atoms with E-state index >= 15 is 0 Å². The van der Waals surface area contributed by atoms with Crippen molar-refractivity contribution in [3.05, 3.63) is 36.5 Å². The Labute approximate surface area is 351 Å². The first-order valence-corrected chi connectivity index (χ1v) is 23.5. The zero-order valence-electron chi connectivity index (χ0n) is 37.8. The van der Waals surface area contributed by atoms with Crippen LogP contribution in [0.25, 0.3) is 0 Å². The lowest BCUT2D eigenvalue weighted by Gasteiger charge is -2.31. The first kappa shape index (κ1) is 54.6. The highest BCUT2D eigenvalue weighted by atomic mass is 16.6. The summed E-state index contributed by atoms with van der Waals surface area (Å²) in [6.07, 6.45) is 46.1. The summed E-state index contributed by atoms with van der Waals surface area (Å²) >= 11 is 0. The Balaban J connectivity index is 4.25. The molecule has 2 unspecified atom stereocenters. The maximum Gasteiger partial charge on any atom is 0.362 e. The van der Waals surface area contributed by atoms with Crippen molar-refractivity contribution in [1.82, 2.24) is 0 Å². The number of nitrogens with zero attached hydrogens (tertiary/aromatic N) is 1. The van der Waals surface area contributed by atoms with Crippen LogP contribution in [0.1, 0.15) is 206 Å². The van der Waals surface area contributed by atoms with Crippen LogP contribution in [0.2, 0.25) is 0 Å². The van der Waals surface area contributed by atoms with Crippen molar-refractivity contribution in [2.45, 2.75) is 219 Å². The third-order valence-corrected chi connectivity index (χ3v) is 10.6. The Morgan fingerprint density at radius 1 is 0.544 bits per heavy atom. The monoisotopic (exact) mass is 805 g/mol. The summed E-state index contributed by atoms with van der Waals surface area (Å²) in [6.45, 7) is 4.64. The third-order valence-electron chi connectivity index (χ3n) is 10.6. The fourth-order valence-electron chi connectivity index (χ4n) is 6.93. The number of allylic oxidation sites excluding steroid dienone is 6. The summed E-state index contributed by atoms with van der Waals surface area (Å²) in [5.41, 5.74) is 0. The van der Waals surface area contributed by atoms with Gasteiger partial charge in [-0.2, -0.15) is 0 Å². The molecule has 0 aliphatic rings. The second-order valence-electron chi connectivity index (χ2n) is 17.0. The van der Waals surface area contributed by atoms with Gasteiger partial charge in [0.15, 0.2) is 12.1 Å². The van der Waals surface area contributed by atoms with Gasteiger partial charge in [0.2, 0.25) is 0 Å². The van der Waals surface area contributed by atoms with Gasteiger partial charge in [-0.15, -0.1) is 0 Å². The number of quaternary nitrogens is 1. The number of rotatable bonds is 42. The van der Waals surface area contributed by atoms with E-state index in [0.29, 0.717) is 19.3 Å². The average molecular weight is 805 g/mol. The van der Waals surface area contributed by atoms with Crippen molar-refractivity contribution >= 4 is 17.9 Å². The number of ether oxygens (including phenoxy) is 3. The number of hydrogen-bond donors (Lipinski definition) is 1. The van der Waals surface area contributed by atoms with Gasteiger partial charge in [0.05, 0.1) is 34.4 Å². The van der Waals surface area contributed by atoms with Gasteiger partial charge in [0, 0.05) is 19.3 Å². The van der Waals surface area contributed by atoms with Crippen LogP contribution in [-0.2, 0) is 28.6 Å². The zero-order chi connectivity index (χ0) is 42.1. The van der Waals surface area contributed by atoms with E-state index in [1.54, 1.807) is 0 Å². The van der Waals surface area contributed by atoms with Crippen molar-refractivity contribution in [1.29, 1.82) is 0 Å². The van der Waals surface area contributed by atoms with E-state index in [9.17, 15) is 19.5 Å². The molecule has 0 radical (unpaired) electrons. The number of aliphatic carboxylic acids is 1. The predicted octanol–water partition coefficient (Wildman–Crippen LogP) is 13.0. The van der Waals surface area contributed by atoms with Gasteiger partial charge in [0.25, 0.3) is 0 Å². The Morgan fingerprint density at radius 3 is 1.46 bits per heavy atom. The van der Waals surface area contributed by atoms with E-state index < -0.39 is 18.1 Å². The molecule has 0 aromatic rings. The zero-order valence-corrected chi connectivity index (χ0v) is 37.8. The van der Waals surface area contributed by atoms with Gasteiger partial charge in [0.1, 0.15) is 6.61 Å². The van der Waals surface area contributed by atoms with Gasteiger partial charge in [-0.25, -0.2) is 4.79 Å². The molecule has 0 amide bonds. The van der Waals surface area contributed by atoms with E-state index in [0.717, 1.165) is 57.8 Å². The normalized spacial score (nSPS) is 13.2. The molecule has 0 aromatic heterocycles. The number of carbonyl (C=O) groups is 3. The topological polar surface area (TPSA) is 99.1 Å². The molecule has 0 aliphatic heterocycles. The quantitative estimate of drug-likeness (QED) is 0.0284. The Bertz CT molecular complexity index is 1030. The van der Waals surface area contributed by atoms with Gasteiger partial charge < -0.3 is 23.8 Å². The summed E-state index contributed by atoms with van der Waals surface area (Å²) in [5, 5.41) is 9.63. The molecule has 0 heterocycles. The highest BCUT2D eigenvalue weighted by Crippen LogP contribution is 2.15. The Hall–Kier alpha value is -2.45. The SMILES string of the molecule is CC/C=C/C/C=C/C/C=C/CCCCCCCCCCCCC(=O)OCC(COCCC(C(=O)O)[N+](C)(C)C)OC(=O)CCCCCCCCCCCCCCC. The summed E-state index contributed by atoms with van der Waals surface area (Å²) in [7, 11) is 5.53. The fraction of sp³-hybridized carbons (Fsp3) is 0.816. The molecule has 2 atom stereocenters. The van der Waals surface area contributed by atoms with Crippen LogP contribution in [0.4, 0.5) is 0 Å². The lowest BCUT2D eigenvalue weighted by Crippen LogP contribution is -2.50. The fourth-order valence-corrected chi connectivity index (χ4v) is 6.93. The van der Waals surface area contributed by atoms with Gasteiger partial charge in [-0.1, -0.05) is 179 Å². The third kappa shape index (κ3) is 38.8. The molecule has 0 saturated carbocycles. The lowest BCUT2D eigenvalue weighted by molar-refractivity contribution is -0.887. The number of carbonyl (C=O) groups excluding carboxylic acids is 2. The molecule has 0 aliphatic carbocycles. The molecule has 0 saturated heterocycles. The van der Waals surface area contributed by atoms with Gasteiger partial charge in [-0.05, 0) is 44.9 Å². The molecule has 8 nitrogen and oxygen atoms in total. The number of esters is 2. The van der Waals surface area contributed by atoms with Crippen LogP contribution in [-0.4, -0.2) is 80.6 Å². The van der Waals surface area contributed by atoms with Crippen LogP contribution < -0.4 is 0 Å². The largest absolute Gasteiger partial charge is 0.477 e. The number of likely N-dealkylation sites (N-methyl/N-ethyl adjacent to an activating group) is 1. The number of carboxylic acids is 1. The molecule has 1 N–H and O–H groups in total. The summed E-state index contributed by atoms with van der Waals surface area (Å²) in [6, 6.07) is -0.613. The molecule has 332 valence electrons. The standard InChI is InChI=1S/C49H89NO7/c1-6-8-10-12-14-16-18-20-21-22-23-24-25-26-28-29-31-33-35-37-39-47(51)56-44-45(43-55-42-41-46(49(53)54)50(3,4)5)57-48(52)40-38-36-34-32-30-27-19-17-15-13-11-9-7-2/h8,10,14,16,20-21,45-46H,6-7,9,11-13,15,17-19,22-44H2,1-5H3/p+1/b10-8+,16-14+,21-20+. The Morgan fingerprint density at radius 2 is 0.982 bits per heavy atom.